The summed E-state index contributed by atoms with van der Waals surface area (Å²) in [4.78, 5) is 25.7. The van der Waals surface area contributed by atoms with Crippen LogP contribution in [-0.4, -0.2) is 66.1 Å². The van der Waals surface area contributed by atoms with Crippen LogP contribution in [0.15, 0.2) is 30.3 Å². The minimum Gasteiger partial charge on any atom is -0.462 e. The number of hydrogen-bond acceptors (Lipinski definition) is 8. The minimum absolute atomic E-state index is 0.00462. The van der Waals surface area contributed by atoms with Gasteiger partial charge in [0.05, 0.1) is 19.6 Å². The lowest BCUT2D eigenvalue weighted by molar-refractivity contribution is -0.369. The van der Waals surface area contributed by atoms with Crippen molar-refractivity contribution in [2.45, 2.75) is 160 Å². The molecule has 0 bridgehead atoms. The average molecular weight is 606 g/mol. The highest BCUT2D eigenvalue weighted by molar-refractivity contribution is 5.77. The predicted molar refractivity (Wildman–Crippen MR) is 164 cm³/mol. The second-order valence-corrected chi connectivity index (χ2v) is 12.4. The first-order chi connectivity index (χ1) is 20.7. The summed E-state index contributed by atoms with van der Waals surface area (Å²) in [7, 11) is 0. The second kappa shape index (κ2) is 18.7. The number of esters is 1. The fourth-order valence-corrected chi connectivity index (χ4v) is 5.68. The molecule has 43 heavy (non-hydrogen) atoms. The zero-order chi connectivity index (χ0) is 31.1. The molecule has 3 rings (SSSR count). The summed E-state index contributed by atoms with van der Waals surface area (Å²) in [6.45, 7) is 8.19. The third-order valence-corrected chi connectivity index (χ3v) is 8.07. The van der Waals surface area contributed by atoms with E-state index < -0.39 is 42.5 Å². The van der Waals surface area contributed by atoms with Gasteiger partial charge < -0.3 is 34.1 Å². The van der Waals surface area contributed by atoms with Gasteiger partial charge in [-0.1, -0.05) is 95.5 Å². The van der Waals surface area contributed by atoms with E-state index in [0.29, 0.717) is 19.3 Å². The number of ether oxygens (including phenoxy) is 5. The summed E-state index contributed by atoms with van der Waals surface area (Å²) in [6, 6.07) is 8.76. The molecule has 0 radical (unpaired) electrons. The molecule has 0 spiro atoms. The van der Waals surface area contributed by atoms with Crippen molar-refractivity contribution >= 4 is 11.9 Å². The molecule has 0 aliphatic carbocycles. The van der Waals surface area contributed by atoms with E-state index in [-0.39, 0.29) is 31.5 Å². The van der Waals surface area contributed by atoms with E-state index >= 15 is 0 Å². The van der Waals surface area contributed by atoms with Crippen molar-refractivity contribution in [3.05, 3.63) is 35.9 Å². The molecule has 2 aliphatic heterocycles. The minimum atomic E-state index is -1.09. The number of fused-ring (bicyclic) bond motifs is 1. The van der Waals surface area contributed by atoms with Gasteiger partial charge in [0.2, 0.25) is 5.91 Å². The topological polar surface area (TPSA) is 113 Å². The highest BCUT2D eigenvalue weighted by atomic mass is 16.8. The third kappa shape index (κ3) is 12.5. The highest BCUT2D eigenvalue weighted by Gasteiger charge is 2.51. The molecule has 2 fully saturated rings. The summed E-state index contributed by atoms with van der Waals surface area (Å²) in [5.74, 6) is -1.52. The first-order valence-electron chi connectivity index (χ1n) is 16.5. The zero-order valence-electron chi connectivity index (χ0n) is 26.8. The molecule has 0 saturated carbocycles. The summed E-state index contributed by atoms with van der Waals surface area (Å²) >= 11 is 0. The smallest absolute Gasteiger partial charge is 0.306 e. The van der Waals surface area contributed by atoms with Gasteiger partial charge in [0, 0.05) is 6.42 Å². The fourth-order valence-electron chi connectivity index (χ4n) is 5.68. The molecule has 2 N–H and O–H groups in total. The van der Waals surface area contributed by atoms with Crippen LogP contribution in [0, 0.1) is 0 Å². The Morgan fingerprint density at radius 1 is 1.00 bits per heavy atom. The van der Waals surface area contributed by atoms with Crippen LogP contribution in [-0.2, 0) is 39.9 Å². The monoisotopic (exact) mass is 605 g/mol. The maximum Gasteiger partial charge on any atom is 0.306 e. The quantitative estimate of drug-likeness (QED) is 0.147. The average Bonchev–Trinajstić information content (AvgIpc) is 2.97. The molecule has 1 amide bonds. The second-order valence-electron chi connectivity index (χ2n) is 12.4. The van der Waals surface area contributed by atoms with Crippen molar-refractivity contribution in [2.75, 3.05) is 6.61 Å². The van der Waals surface area contributed by atoms with Gasteiger partial charge in [-0.05, 0) is 38.7 Å². The SMILES string of the molecule is CCCCCCCCCCC[C@H](CC(=O)N[C@H]1[C@H](OCc2ccccc2)O[C@@H]2COC(C)(C)O[C@H]2[C@@H]1O)OC(=O)CCC. The van der Waals surface area contributed by atoms with Crippen molar-refractivity contribution in [2.24, 2.45) is 0 Å². The van der Waals surface area contributed by atoms with Crippen LogP contribution >= 0.6 is 0 Å². The van der Waals surface area contributed by atoms with E-state index in [2.05, 4.69) is 12.2 Å². The van der Waals surface area contributed by atoms with Gasteiger partial charge in [-0.2, -0.15) is 0 Å². The number of unbranched alkanes of at least 4 members (excludes halogenated alkanes) is 8. The van der Waals surface area contributed by atoms with Crippen LogP contribution in [0.5, 0.6) is 0 Å². The van der Waals surface area contributed by atoms with Crippen LogP contribution in [0.2, 0.25) is 0 Å². The summed E-state index contributed by atoms with van der Waals surface area (Å²) in [6.07, 6.45) is 8.51. The number of nitrogens with one attached hydrogen (secondary N) is 1. The Morgan fingerprint density at radius 2 is 1.67 bits per heavy atom. The fraction of sp³-hybridized carbons (Fsp3) is 0.765. The number of benzene rings is 1. The van der Waals surface area contributed by atoms with E-state index in [0.717, 1.165) is 24.8 Å². The molecule has 6 atom stereocenters. The van der Waals surface area contributed by atoms with Crippen molar-refractivity contribution in [3.63, 3.8) is 0 Å². The molecular weight excluding hydrogens is 550 g/mol. The highest BCUT2D eigenvalue weighted by Crippen LogP contribution is 2.33. The number of aliphatic hydroxyl groups excluding tert-OH is 1. The molecule has 244 valence electrons. The van der Waals surface area contributed by atoms with Gasteiger partial charge >= 0.3 is 5.97 Å². The third-order valence-electron chi connectivity index (χ3n) is 8.07. The Hall–Kier alpha value is -2.04. The van der Waals surface area contributed by atoms with E-state index in [1.807, 2.05) is 37.3 Å². The first kappa shape index (κ1) is 35.4. The Labute approximate surface area is 258 Å². The van der Waals surface area contributed by atoms with Gasteiger partial charge in [-0.25, -0.2) is 0 Å². The van der Waals surface area contributed by atoms with E-state index in [4.69, 9.17) is 23.7 Å². The molecule has 2 aliphatic rings. The number of rotatable bonds is 19. The number of hydrogen-bond donors (Lipinski definition) is 2. The summed E-state index contributed by atoms with van der Waals surface area (Å²) in [5.41, 5.74) is 0.939. The van der Waals surface area contributed by atoms with Crippen LogP contribution < -0.4 is 5.32 Å². The number of carbonyl (C=O) groups is 2. The zero-order valence-corrected chi connectivity index (χ0v) is 26.8. The molecule has 9 nitrogen and oxygen atoms in total. The number of amides is 1. The van der Waals surface area contributed by atoms with Gasteiger partial charge in [0.1, 0.15) is 30.5 Å². The van der Waals surface area contributed by atoms with Crippen molar-refractivity contribution in [1.82, 2.24) is 5.32 Å². The molecule has 9 heteroatoms. The van der Waals surface area contributed by atoms with Crippen LogP contribution in [0.3, 0.4) is 0 Å². The van der Waals surface area contributed by atoms with Crippen LogP contribution in [0.25, 0.3) is 0 Å². The maximum absolute atomic E-state index is 13.4. The van der Waals surface area contributed by atoms with Crippen molar-refractivity contribution < 1.29 is 38.4 Å². The largest absolute Gasteiger partial charge is 0.462 e. The molecule has 1 aromatic carbocycles. The predicted octanol–water partition coefficient (Wildman–Crippen LogP) is 5.95. The molecule has 1 aromatic rings. The van der Waals surface area contributed by atoms with Gasteiger partial charge in [-0.15, -0.1) is 0 Å². The van der Waals surface area contributed by atoms with Crippen molar-refractivity contribution in [3.8, 4) is 0 Å². The van der Waals surface area contributed by atoms with Gasteiger partial charge in [-0.3, -0.25) is 9.59 Å². The molecule has 0 unspecified atom stereocenters. The first-order valence-corrected chi connectivity index (χ1v) is 16.5. The lowest BCUT2D eigenvalue weighted by atomic mass is 9.95. The summed E-state index contributed by atoms with van der Waals surface area (Å²) < 4.78 is 29.8. The van der Waals surface area contributed by atoms with Crippen LogP contribution in [0.1, 0.15) is 117 Å². The maximum atomic E-state index is 13.4. The molecule has 2 saturated heterocycles. The number of carbonyl (C=O) groups excluding carboxylic acids is 2. The molecule has 2 heterocycles. The normalized spacial score (nSPS) is 25.5. The van der Waals surface area contributed by atoms with Gasteiger partial charge in [0.15, 0.2) is 12.1 Å². The van der Waals surface area contributed by atoms with E-state index in [9.17, 15) is 14.7 Å². The van der Waals surface area contributed by atoms with Gasteiger partial charge in [0.25, 0.3) is 0 Å². The summed E-state index contributed by atoms with van der Waals surface area (Å²) in [5, 5.41) is 14.3. The molecule has 0 aromatic heterocycles. The van der Waals surface area contributed by atoms with E-state index in [1.54, 1.807) is 13.8 Å². The van der Waals surface area contributed by atoms with E-state index in [1.165, 1.54) is 38.5 Å². The standard InChI is InChI=1S/C34H55NO8/c1-5-7-8-9-10-11-12-13-17-21-26(41-29(37)18-6-2)22-28(36)35-30-31(38)32-27(24-40-34(3,4)43-32)42-33(30)39-23-25-19-15-14-16-20-25/h14-16,19-20,26-27,30-33,38H,5-13,17-18,21-24H2,1-4H3,(H,35,36)/t26-,27-,30-,31-,32-,33-/m1/s1. The Morgan fingerprint density at radius 3 is 2.35 bits per heavy atom. The van der Waals surface area contributed by atoms with Crippen molar-refractivity contribution in [1.29, 1.82) is 0 Å². The van der Waals surface area contributed by atoms with Crippen LogP contribution in [0.4, 0.5) is 0 Å². The Balaban J connectivity index is 1.59. The lowest BCUT2D eigenvalue weighted by Crippen LogP contribution is -2.68. The number of aliphatic hydroxyl groups is 1. The Kier molecular flexibility index (Phi) is 15.4. The lowest BCUT2D eigenvalue weighted by Gasteiger charge is -2.49. The molecular formula is C34H55NO8. The Bertz CT molecular complexity index is 942.